The van der Waals surface area contributed by atoms with Gasteiger partial charge in [0.25, 0.3) is 5.91 Å². The number of nitrogens with zero attached hydrogens (tertiary/aromatic N) is 3. The maximum absolute atomic E-state index is 12.6. The molecule has 2 aromatic rings. The average Bonchev–Trinajstić information content (AvgIpc) is 3.19. The number of aromatic amines is 1. The predicted octanol–water partition coefficient (Wildman–Crippen LogP) is 1.92. The van der Waals surface area contributed by atoms with Crippen LogP contribution in [0.4, 0.5) is 0 Å². The highest BCUT2D eigenvalue weighted by atomic mass is 16.5. The topological polar surface area (TPSA) is 61.5 Å². The van der Waals surface area contributed by atoms with Crippen LogP contribution in [0.2, 0.25) is 0 Å². The van der Waals surface area contributed by atoms with E-state index < -0.39 is 0 Å². The van der Waals surface area contributed by atoms with Crippen LogP contribution in [-0.2, 0) is 11.3 Å². The monoisotopic (exact) mass is 340 g/mol. The molecule has 0 bridgehead atoms. The van der Waals surface area contributed by atoms with E-state index in [9.17, 15) is 4.79 Å². The van der Waals surface area contributed by atoms with Crippen molar-refractivity contribution in [3.63, 3.8) is 0 Å². The van der Waals surface area contributed by atoms with Crippen molar-refractivity contribution >= 4 is 5.91 Å². The fourth-order valence-corrected chi connectivity index (χ4v) is 3.83. The zero-order valence-corrected chi connectivity index (χ0v) is 14.4. The van der Waals surface area contributed by atoms with Crippen LogP contribution >= 0.6 is 0 Å². The minimum atomic E-state index is -0.182. The van der Waals surface area contributed by atoms with Gasteiger partial charge in [0.15, 0.2) is 0 Å². The fraction of sp³-hybridized carbons (Fsp3) is 0.474. The molecule has 0 atom stereocenters. The summed E-state index contributed by atoms with van der Waals surface area (Å²) in [6, 6.07) is 5.97. The molecule has 6 nitrogen and oxygen atoms in total. The summed E-state index contributed by atoms with van der Waals surface area (Å²) in [5, 5.41) is 0. The minimum Gasteiger partial charge on any atom is -0.371 e. The number of morpholine rings is 1. The molecule has 4 heterocycles. The number of ether oxygens (including phenoxy) is 1. The highest BCUT2D eigenvalue weighted by Gasteiger charge is 2.41. The number of pyridine rings is 1. The molecule has 0 aromatic carbocycles. The second-order valence-electron chi connectivity index (χ2n) is 6.99. The van der Waals surface area contributed by atoms with Crippen molar-refractivity contribution in [3.05, 3.63) is 54.1 Å². The normalized spacial score (nSPS) is 20.7. The summed E-state index contributed by atoms with van der Waals surface area (Å²) >= 11 is 0. The Labute approximate surface area is 147 Å². The van der Waals surface area contributed by atoms with Gasteiger partial charge in [0.2, 0.25) is 0 Å². The molecule has 4 rings (SSSR count). The summed E-state index contributed by atoms with van der Waals surface area (Å²) in [6.07, 6.45) is 9.18. The van der Waals surface area contributed by atoms with Crippen LogP contribution in [0.5, 0.6) is 0 Å². The summed E-state index contributed by atoms with van der Waals surface area (Å²) in [4.78, 5) is 24.1. The number of piperidine rings is 1. The molecule has 1 N–H and O–H groups in total. The molecule has 1 spiro atoms. The van der Waals surface area contributed by atoms with Crippen molar-refractivity contribution in [2.24, 2.45) is 0 Å². The Morgan fingerprint density at radius 2 is 2.00 bits per heavy atom. The molecular weight excluding hydrogens is 316 g/mol. The second-order valence-corrected chi connectivity index (χ2v) is 6.99. The van der Waals surface area contributed by atoms with E-state index in [1.165, 1.54) is 5.56 Å². The molecule has 6 heteroatoms. The van der Waals surface area contributed by atoms with Crippen molar-refractivity contribution in [2.75, 3.05) is 32.8 Å². The molecule has 0 unspecified atom stereocenters. The molecule has 2 saturated heterocycles. The number of carbonyl (C=O) groups excluding carboxylic acids is 1. The number of amides is 1. The molecule has 25 heavy (non-hydrogen) atoms. The lowest BCUT2D eigenvalue weighted by Gasteiger charge is -2.47. The van der Waals surface area contributed by atoms with E-state index in [4.69, 9.17) is 4.74 Å². The quantitative estimate of drug-likeness (QED) is 0.927. The molecule has 2 fully saturated rings. The first-order chi connectivity index (χ1) is 12.2. The van der Waals surface area contributed by atoms with Crippen molar-refractivity contribution < 1.29 is 9.53 Å². The van der Waals surface area contributed by atoms with Crippen molar-refractivity contribution in [2.45, 2.75) is 25.0 Å². The first-order valence-electron chi connectivity index (χ1n) is 8.91. The van der Waals surface area contributed by atoms with Gasteiger partial charge in [-0.1, -0.05) is 0 Å². The highest BCUT2D eigenvalue weighted by molar-refractivity contribution is 5.94. The van der Waals surface area contributed by atoms with Gasteiger partial charge in [-0.25, -0.2) is 0 Å². The molecule has 1 amide bonds. The Hall–Kier alpha value is -2.18. The molecule has 132 valence electrons. The van der Waals surface area contributed by atoms with E-state index in [0.717, 1.165) is 38.0 Å². The summed E-state index contributed by atoms with van der Waals surface area (Å²) in [5.41, 5.74) is 1.84. The number of aromatic nitrogens is 2. The predicted molar refractivity (Wildman–Crippen MR) is 94.1 cm³/mol. The Bertz CT molecular complexity index is 693. The van der Waals surface area contributed by atoms with Gasteiger partial charge in [0, 0.05) is 51.0 Å². The highest BCUT2D eigenvalue weighted by Crippen LogP contribution is 2.31. The maximum Gasteiger partial charge on any atom is 0.255 e. The summed E-state index contributed by atoms with van der Waals surface area (Å²) in [6.45, 7) is 4.93. The van der Waals surface area contributed by atoms with Gasteiger partial charge >= 0.3 is 0 Å². The lowest BCUT2D eigenvalue weighted by molar-refractivity contribution is -0.127. The summed E-state index contributed by atoms with van der Waals surface area (Å²) in [5.74, 6) is 0.100. The van der Waals surface area contributed by atoms with Crippen LogP contribution in [0.1, 0.15) is 28.8 Å². The number of carbonyl (C=O) groups is 1. The molecular formula is C19H24N4O2. The smallest absolute Gasteiger partial charge is 0.255 e. The summed E-state index contributed by atoms with van der Waals surface area (Å²) < 4.78 is 6.16. The van der Waals surface area contributed by atoms with Gasteiger partial charge in [-0.05, 0) is 36.6 Å². The standard InChI is InChI=1S/C19H24N4O2/c24-18(17-3-8-21-13-17)23-11-12-25-19(15-23)4-9-22(10-5-19)14-16-1-6-20-7-2-16/h1-3,6-8,13,21H,4-5,9-12,14-15H2. The third kappa shape index (κ3) is 3.60. The van der Waals surface area contributed by atoms with E-state index in [0.29, 0.717) is 19.7 Å². The van der Waals surface area contributed by atoms with E-state index in [1.807, 2.05) is 23.4 Å². The number of hydrogen-bond acceptors (Lipinski definition) is 4. The van der Waals surface area contributed by atoms with E-state index >= 15 is 0 Å². The number of rotatable bonds is 3. The number of hydrogen-bond donors (Lipinski definition) is 1. The van der Waals surface area contributed by atoms with Gasteiger partial charge in [-0.15, -0.1) is 0 Å². The van der Waals surface area contributed by atoms with E-state index in [-0.39, 0.29) is 11.5 Å². The van der Waals surface area contributed by atoms with Gasteiger partial charge in [-0.3, -0.25) is 14.7 Å². The van der Waals surface area contributed by atoms with Gasteiger partial charge < -0.3 is 14.6 Å². The summed E-state index contributed by atoms with van der Waals surface area (Å²) in [7, 11) is 0. The molecule has 0 radical (unpaired) electrons. The largest absolute Gasteiger partial charge is 0.371 e. The third-order valence-corrected chi connectivity index (χ3v) is 5.30. The Morgan fingerprint density at radius 1 is 1.20 bits per heavy atom. The molecule has 0 saturated carbocycles. The van der Waals surface area contributed by atoms with Crippen LogP contribution in [-0.4, -0.2) is 64.1 Å². The molecule has 2 aliphatic rings. The van der Waals surface area contributed by atoms with Crippen LogP contribution in [0.3, 0.4) is 0 Å². The van der Waals surface area contributed by atoms with Crippen molar-refractivity contribution in [1.29, 1.82) is 0 Å². The van der Waals surface area contributed by atoms with Crippen molar-refractivity contribution in [3.8, 4) is 0 Å². The van der Waals surface area contributed by atoms with Gasteiger partial charge in [-0.2, -0.15) is 0 Å². The number of H-pyrrole nitrogens is 1. The van der Waals surface area contributed by atoms with Crippen LogP contribution < -0.4 is 0 Å². The molecule has 0 aliphatic carbocycles. The van der Waals surface area contributed by atoms with Crippen LogP contribution in [0, 0.1) is 0 Å². The van der Waals surface area contributed by atoms with E-state index in [2.05, 4.69) is 27.0 Å². The Kier molecular flexibility index (Phi) is 4.55. The Balaban J connectivity index is 1.36. The lowest BCUT2D eigenvalue weighted by atomic mass is 9.89. The lowest BCUT2D eigenvalue weighted by Crippen LogP contribution is -2.57. The zero-order chi connectivity index (χ0) is 17.1. The maximum atomic E-state index is 12.6. The SMILES string of the molecule is O=C(c1cc[nH]c1)N1CCOC2(CCN(Cc3ccncc3)CC2)C1. The zero-order valence-electron chi connectivity index (χ0n) is 14.4. The van der Waals surface area contributed by atoms with Crippen LogP contribution in [0.15, 0.2) is 43.0 Å². The van der Waals surface area contributed by atoms with Crippen molar-refractivity contribution in [1.82, 2.24) is 19.8 Å². The second kappa shape index (κ2) is 6.98. The Morgan fingerprint density at radius 3 is 2.72 bits per heavy atom. The average molecular weight is 340 g/mol. The van der Waals surface area contributed by atoms with Gasteiger partial charge in [0.05, 0.1) is 24.3 Å². The number of nitrogens with one attached hydrogen (secondary N) is 1. The molecule has 2 aromatic heterocycles. The van der Waals surface area contributed by atoms with E-state index in [1.54, 1.807) is 12.4 Å². The first-order valence-corrected chi connectivity index (χ1v) is 8.91. The number of likely N-dealkylation sites (tertiary alicyclic amines) is 1. The fourth-order valence-electron chi connectivity index (χ4n) is 3.83. The van der Waals surface area contributed by atoms with Crippen LogP contribution in [0.25, 0.3) is 0 Å². The first kappa shape index (κ1) is 16.3. The third-order valence-electron chi connectivity index (χ3n) is 5.30. The van der Waals surface area contributed by atoms with Gasteiger partial charge in [0.1, 0.15) is 0 Å². The molecule has 2 aliphatic heterocycles. The minimum absolute atomic E-state index is 0.100.